The Morgan fingerprint density at radius 3 is 2.38 bits per heavy atom. The zero-order valence-electron chi connectivity index (χ0n) is 22.9. The fourth-order valence-corrected chi connectivity index (χ4v) is 10.7. The second-order valence-corrected chi connectivity index (χ2v) is 16.7. The van der Waals surface area contributed by atoms with E-state index in [0.717, 1.165) is 22.5 Å². The van der Waals surface area contributed by atoms with Crippen LogP contribution in [0.15, 0.2) is 64.0 Å². The van der Waals surface area contributed by atoms with Gasteiger partial charge >= 0.3 is 0 Å². The highest BCUT2D eigenvalue weighted by Gasteiger charge is 2.50. The molecule has 42 heavy (non-hydrogen) atoms. The number of nitrogens with zero attached hydrogens (tertiary/aromatic N) is 1. The van der Waals surface area contributed by atoms with Gasteiger partial charge in [-0.15, -0.1) is 23.1 Å². The Balaban J connectivity index is 1.60. The van der Waals surface area contributed by atoms with E-state index in [0.29, 0.717) is 5.56 Å². The second-order valence-electron chi connectivity index (χ2n) is 10.4. The summed E-state index contributed by atoms with van der Waals surface area (Å²) >= 11 is 17.7. The molecule has 3 atom stereocenters. The predicted molar refractivity (Wildman–Crippen MR) is 172 cm³/mol. The molecule has 226 valence electrons. The molecule has 0 radical (unpaired) electrons. The fraction of sp³-hybridized carbons (Fsp3) is 0.357. The van der Waals surface area contributed by atoms with E-state index in [1.165, 1.54) is 16.7 Å². The van der Waals surface area contributed by atoms with Crippen LogP contribution in [0.25, 0.3) is 0 Å². The first-order valence-corrected chi connectivity index (χ1v) is 17.7. The third kappa shape index (κ3) is 7.35. The van der Waals surface area contributed by atoms with Crippen molar-refractivity contribution in [1.82, 2.24) is 14.9 Å². The molecule has 1 aromatic heterocycles. The zero-order valence-corrected chi connectivity index (χ0v) is 28.5. The quantitative estimate of drug-likeness (QED) is 0.258. The van der Waals surface area contributed by atoms with E-state index in [1.54, 1.807) is 30.3 Å². The number of aryl methyl sites for hydroxylation is 1. The van der Waals surface area contributed by atoms with E-state index in [1.807, 2.05) is 45.0 Å². The molecular weight excluding hydrogens is 705 g/mol. The Kier molecular flexibility index (Phi) is 10.7. The molecular formula is C28H30BrCl2N3O5S3. The molecule has 3 unspecified atom stereocenters. The molecule has 1 saturated heterocycles. The third-order valence-corrected chi connectivity index (χ3v) is 13.4. The monoisotopic (exact) mass is 733 g/mol. The molecule has 0 aliphatic carbocycles. The summed E-state index contributed by atoms with van der Waals surface area (Å²) in [5, 5.41) is 14.4. The number of thiophene rings is 1. The van der Waals surface area contributed by atoms with E-state index in [2.05, 4.69) is 26.0 Å². The van der Waals surface area contributed by atoms with E-state index >= 15 is 0 Å². The maximum absolute atomic E-state index is 13.9. The first kappa shape index (κ1) is 33.3. The van der Waals surface area contributed by atoms with Gasteiger partial charge in [0.05, 0.1) is 16.4 Å². The van der Waals surface area contributed by atoms with Crippen molar-refractivity contribution in [3.8, 4) is 0 Å². The van der Waals surface area contributed by atoms with Crippen molar-refractivity contribution in [1.29, 1.82) is 0 Å². The minimum atomic E-state index is -4.34. The number of hydrogen-bond acceptors (Lipinski definition) is 7. The molecule has 4 rings (SSSR count). The molecule has 3 aromatic rings. The lowest BCUT2D eigenvalue weighted by Crippen LogP contribution is -2.58. The van der Waals surface area contributed by atoms with Crippen LogP contribution in [0.2, 0.25) is 8.67 Å². The van der Waals surface area contributed by atoms with Crippen molar-refractivity contribution in [3.05, 3.63) is 84.4 Å². The molecule has 1 fully saturated rings. The van der Waals surface area contributed by atoms with Crippen LogP contribution in [-0.2, 0) is 32.6 Å². The summed E-state index contributed by atoms with van der Waals surface area (Å²) in [4.78, 5) is 28.4. The average Bonchev–Trinajstić information content (AvgIpc) is 3.40. The zero-order chi connectivity index (χ0) is 30.8. The summed E-state index contributed by atoms with van der Waals surface area (Å²) in [5.74, 6) is -0.980. The van der Waals surface area contributed by atoms with Crippen LogP contribution in [0.1, 0.15) is 30.5 Å². The number of rotatable bonds is 10. The Bertz CT molecular complexity index is 1570. The average molecular weight is 736 g/mol. The Morgan fingerprint density at radius 1 is 1.12 bits per heavy atom. The maximum atomic E-state index is 13.9. The number of sulfonamides is 1. The van der Waals surface area contributed by atoms with Gasteiger partial charge in [-0.3, -0.25) is 9.59 Å². The molecule has 14 heteroatoms. The van der Waals surface area contributed by atoms with Crippen molar-refractivity contribution in [2.75, 3.05) is 5.88 Å². The SMILES string of the molecule is Cc1ccccc1CNC(=O)C1N(C(=O)C(O)C(Cc2ccccc2)NS(=O)(=O)c2c(Cl)sc(Cl)c2Br)CSC1(C)C. The summed E-state index contributed by atoms with van der Waals surface area (Å²) in [6, 6.07) is 14.4. The van der Waals surface area contributed by atoms with Gasteiger partial charge in [0, 0.05) is 11.3 Å². The summed E-state index contributed by atoms with van der Waals surface area (Å²) < 4.78 is 28.9. The smallest absolute Gasteiger partial charge is 0.254 e. The molecule has 0 spiro atoms. The highest BCUT2D eigenvalue weighted by molar-refractivity contribution is 9.10. The number of aliphatic hydroxyl groups excluding tert-OH is 1. The van der Waals surface area contributed by atoms with Gasteiger partial charge in [-0.05, 0) is 59.8 Å². The second kappa shape index (κ2) is 13.6. The van der Waals surface area contributed by atoms with Crippen LogP contribution < -0.4 is 10.0 Å². The third-order valence-electron chi connectivity index (χ3n) is 7.03. The largest absolute Gasteiger partial charge is 0.382 e. The minimum absolute atomic E-state index is 0.00535. The number of hydrogen-bond donors (Lipinski definition) is 3. The van der Waals surface area contributed by atoms with Gasteiger partial charge in [0.25, 0.3) is 5.91 Å². The lowest BCUT2D eigenvalue weighted by atomic mass is 9.97. The number of halogens is 3. The molecule has 8 nitrogen and oxygen atoms in total. The molecule has 1 aliphatic rings. The van der Waals surface area contributed by atoms with Crippen molar-refractivity contribution in [3.63, 3.8) is 0 Å². The maximum Gasteiger partial charge on any atom is 0.254 e. The van der Waals surface area contributed by atoms with Crippen molar-refractivity contribution < 1.29 is 23.1 Å². The summed E-state index contributed by atoms with van der Waals surface area (Å²) in [5.41, 5.74) is 2.66. The van der Waals surface area contributed by atoms with Crippen LogP contribution in [0, 0.1) is 6.92 Å². The number of amides is 2. The fourth-order valence-electron chi connectivity index (χ4n) is 4.76. The van der Waals surface area contributed by atoms with Crippen molar-refractivity contribution in [2.45, 2.75) is 61.6 Å². The number of carbonyl (C=O) groups is 2. The Labute approximate surface area is 272 Å². The van der Waals surface area contributed by atoms with Gasteiger partial charge < -0.3 is 15.3 Å². The van der Waals surface area contributed by atoms with Crippen LogP contribution in [0.3, 0.4) is 0 Å². The predicted octanol–water partition coefficient (Wildman–Crippen LogP) is 5.37. The van der Waals surface area contributed by atoms with Gasteiger partial charge in [0.2, 0.25) is 15.9 Å². The highest BCUT2D eigenvalue weighted by atomic mass is 79.9. The molecule has 3 N–H and O–H groups in total. The summed E-state index contributed by atoms with van der Waals surface area (Å²) in [6.07, 6.45) is -1.82. The standard InChI is InChI=1S/C28H30BrCl2N3O5S3/c1-16-9-7-8-12-18(16)14-32-26(36)23-28(2,3)40-15-34(23)27(37)21(35)19(13-17-10-5-4-6-11-17)33-42(38,39)22-20(29)24(30)41-25(22)31/h4-12,19,21,23,33,35H,13-15H2,1-3H3,(H,32,36). The Hall–Kier alpha value is -1.64. The topological polar surface area (TPSA) is 116 Å². The van der Waals surface area contributed by atoms with E-state index < -0.39 is 38.9 Å². The lowest BCUT2D eigenvalue weighted by Gasteiger charge is -2.33. The van der Waals surface area contributed by atoms with Gasteiger partial charge in [0.15, 0.2) is 0 Å². The first-order valence-electron chi connectivity index (χ1n) is 12.9. The lowest BCUT2D eigenvalue weighted by molar-refractivity contribution is -0.147. The van der Waals surface area contributed by atoms with Gasteiger partial charge in [-0.25, -0.2) is 13.1 Å². The Morgan fingerprint density at radius 2 is 1.76 bits per heavy atom. The van der Waals surface area contributed by atoms with E-state index in [-0.39, 0.29) is 42.8 Å². The van der Waals surface area contributed by atoms with Gasteiger partial charge in [-0.2, -0.15) is 0 Å². The van der Waals surface area contributed by atoms with Crippen LogP contribution in [-0.4, -0.2) is 59.1 Å². The number of aliphatic hydroxyl groups is 1. The van der Waals surface area contributed by atoms with E-state index in [9.17, 15) is 23.1 Å². The number of nitrogens with one attached hydrogen (secondary N) is 2. The molecule has 0 saturated carbocycles. The van der Waals surface area contributed by atoms with Crippen LogP contribution in [0.4, 0.5) is 0 Å². The summed E-state index contributed by atoms with van der Waals surface area (Å²) in [6.45, 7) is 5.95. The normalized spacial score (nSPS) is 18.1. The number of thioether (sulfide) groups is 1. The van der Waals surface area contributed by atoms with Gasteiger partial charge in [0.1, 0.15) is 25.7 Å². The first-order chi connectivity index (χ1) is 19.7. The molecule has 1 aliphatic heterocycles. The molecule has 2 heterocycles. The van der Waals surface area contributed by atoms with Crippen LogP contribution >= 0.6 is 62.2 Å². The van der Waals surface area contributed by atoms with Crippen LogP contribution in [0.5, 0.6) is 0 Å². The summed E-state index contributed by atoms with van der Waals surface area (Å²) in [7, 11) is -4.34. The molecule has 2 amide bonds. The minimum Gasteiger partial charge on any atom is -0.382 e. The molecule has 0 bridgehead atoms. The van der Waals surface area contributed by atoms with E-state index in [4.69, 9.17) is 23.2 Å². The highest BCUT2D eigenvalue weighted by Crippen LogP contribution is 2.43. The van der Waals surface area contributed by atoms with Crippen molar-refractivity contribution in [2.24, 2.45) is 0 Å². The van der Waals surface area contributed by atoms with Gasteiger partial charge in [-0.1, -0.05) is 77.8 Å². The number of carbonyl (C=O) groups excluding carboxylic acids is 2. The number of benzene rings is 2. The molecule has 2 aromatic carbocycles. The van der Waals surface area contributed by atoms with Crippen molar-refractivity contribution >= 4 is 84.1 Å².